The zero-order valence-corrected chi connectivity index (χ0v) is 17.4. The summed E-state index contributed by atoms with van der Waals surface area (Å²) in [6.07, 6.45) is 7.14. The number of likely N-dealkylation sites (tertiary alicyclic amines) is 2. The molecule has 0 radical (unpaired) electrons. The van der Waals surface area contributed by atoms with Crippen LogP contribution in [-0.4, -0.2) is 59.3 Å². The summed E-state index contributed by atoms with van der Waals surface area (Å²) in [6.45, 7) is 4.05. The highest BCUT2D eigenvalue weighted by atomic mass is 16.2. The van der Waals surface area contributed by atoms with Gasteiger partial charge < -0.3 is 10.2 Å². The number of hydrogen-bond acceptors (Lipinski definition) is 4. The van der Waals surface area contributed by atoms with Crippen molar-refractivity contribution in [3.05, 3.63) is 66.0 Å². The second-order valence-electron chi connectivity index (χ2n) is 8.22. The predicted molar refractivity (Wildman–Crippen MR) is 116 cm³/mol. The van der Waals surface area contributed by atoms with E-state index < -0.39 is 0 Å². The van der Waals surface area contributed by atoms with Gasteiger partial charge in [0, 0.05) is 43.5 Å². The molecule has 0 aliphatic carbocycles. The van der Waals surface area contributed by atoms with E-state index in [1.54, 1.807) is 24.5 Å². The van der Waals surface area contributed by atoms with Crippen molar-refractivity contribution in [1.29, 1.82) is 0 Å². The second-order valence-corrected chi connectivity index (χ2v) is 8.22. The van der Waals surface area contributed by atoms with Crippen molar-refractivity contribution in [3.8, 4) is 0 Å². The molecule has 1 N–H and O–H groups in total. The van der Waals surface area contributed by atoms with Crippen molar-refractivity contribution in [2.75, 3.05) is 32.7 Å². The molecule has 6 nitrogen and oxygen atoms in total. The van der Waals surface area contributed by atoms with Crippen molar-refractivity contribution in [1.82, 2.24) is 20.1 Å². The van der Waals surface area contributed by atoms with Gasteiger partial charge in [-0.25, -0.2) is 0 Å². The lowest BCUT2D eigenvalue weighted by Crippen LogP contribution is -2.44. The van der Waals surface area contributed by atoms with Crippen LogP contribution in [0.15, 0.2) is 54.9 Å². The Morgan fingerprint density at radius 2 is 1.63 bits per heavy atom. The number of carbonyl (C=O) groups excluding carboxylic acids is 2. The van der Waals surface area contributed by atoms with Crippen LogP contribution in [-0.2, 0) is 4.79 Å². The van der Waals surface area contributed by atoms with Crippen molar-refractivity contribution in [3.63, 3.8) is 0 Å². The van der Waals surface area contributed by atoms with Crippen LogP contribution in [0.25, 0.3) is 0 Å². The molecular formula is C24H30N4O2. The summed E-state index contributed by atoms with van der Waals surface area (Å²) >= 11 is 0. The molecule has 0 spiro atoms. The third-order valence-electron chi connectivity index (χ3n) is 6.32. The van der Waals surface area contributed by atoms with Gasteiger partial charge in [-0.2, -0.15) is 0 Å². The zero-order chi connectivity index (χ0) is 20.8. The lowest BCUT2D eigenvalue weighted by Gasteiger charge is -2.32. The molecule has 4 rings (SSSR count). The van der Waals surface area contributed by atoms with Gasteiger partial charge >= 0.3 is 0 Å². The fourth-order valence-electron chi connectivity index (χ4n) is 4.55. The third kappa shape index (κ3) is 4.87. The van der Waals surface area contributed by atoms with Crippen LogP contribution in [0.1, 0.15) is 47.6 Å². The Hall–Kier alpha value is -2.73. The topological polar surface area (TPSA) is 65.5 Å². The summed E-state index contributed by atoms with van der Waals surface area (Å²) in [7, 11) is 0. The molecule has 2 aliphatic rings. The van der Waals surface area contributed by atoms with Crippen LogP contribution in [0.2, 0.25) is 0 Å². The molecule has 2 aromatic rings. The molecule has 0 bridgehead atoms. The summed E-state index contributed by atoms with van der Waals surface area (Å²) in [5.74, 6) is 0.113. The zero-order valence-electron chi connectivity index (χ0n) is 17.4. The minimum atomic E-state index is -0.0264. The quantitative estimate of drug-likeness (QED) is 0.801. The van der Waals surface area contributed by atoms with E-state index >= 15 is 0 Å². The monoisotopic (exact) mass is 406 g/mol. The van der Waals surface area contributed by atoms with E-state index in [1.807, 2.05) is 11.0 Å². The van der Waals surface area contributed by atoms with Crippen LogP contribution < -0.4 is 5.32 Å². The largest absolute Gasteiger partial charge is 0.354 e. The van der Waals surface area contributed by atoms with Crippen LogP contribution >= 0.6 is 0 Å². The number of carbonyl (C=O) groups is 2. The number of nitrogens with one attached hydrogen (secondary N) is 1. The first kappa shape index (κ1) is 20.5. The van der Waals surface area contributed by atoms with Gasteiger partial charge in [-0.15, -0.1) is 0 Å². The third-order valence-corrected chi connectivity index (χ3v) is 6.32. The average Bonchev–Trinajstić information content (AvgIpc) is 3.35. The molecule has 0 saturated carbocycles. The Balaban J connectivity index is 1.30. The highest BCUT2D eigenvalue weighted by molar-refractivity contribution is 5.94. The van der Waals surface area contributed by atoms with Gasteiger partial charge in [0.25, 0.3) is 5.91 Å². The summed E-state index contributed by atoms with van der Waals surface area (Å²) in [5.41, 5.74) is 1.92. The fourth-order valence-corrected chi connectivity index (χ4v) is 4.55. The first-order valence-electron chi connectivity index (χ1n) is 11.0. The maximum Gasteiger partial charge on any atom is 0.253 e. The van der Waals surface area contributed by atoms with Gasteiger partial charge in [0.15, 0.2) is 0 Å². The molecule has 30 heavy (non-hydrogen) atoms. The highest BCUT2D eigenvalue weighted by Crippen LogP contribution is 2.25. The normalized spacial score (nSPS) is 18.9. The molecular weight excluding hydrogens is 376 g/mol. The number of benzene rings is 1. The molecule has 2 fully saturated rings. The number of amides is 2. The van der Waals surface area contributed by atoms with E-state index in [2.05, 4.69) is 39.5 Å². The first-order valence-corrected chi connectivity index (χ1v) is 11.0. The van der Waals surface area contributed by atoms with E-state index in [1.165, 1.54) is 18.4 Å². The van der Waals surface area contributed by atoms with Gasteiger partial charge in [0.05, 0.1) is 6.04 Å². The maximum absolute atomic E-state index is 12.9. The van der Waals surface area contributed by atoms with Crippen molar-refractivity contribution >= 4 is 11.8 Å². The van der Waals surface area contributed by atoms with E-state index in [0.717, 1.165) is 13.1 Å². The van der Waals surface area contributed by atoms with Crippen LogP contribution in [0.5, 0.6) is 0 Å². The fraction of sp³-hybridized carbons (Fsp3) is 0.458. The van der Waals surface area contributed by atoms with E-state index in [4.69, 9.17) is 0 Å². The van der Waals surface area contributed by atoms with Gasteiger partial charge in [0.1, 0.15) is 0 Å². The van der Waals surface area contributed by atoms with Crippen molar-refractivity contribution in [2.24, 2.45) is 5.92 Å². The van der Waals surface area contributed by atoms with Crippen molar-refractivity contribution < 1.29 is 9.59 Å². The average molecular weight is 407 g/mol. The molecule has 158 valence electrons. The van der Waals surface area contributed by atoms with Gasteiger partial charge in [-0.05, 0) is 56.5 Å². The van der Waals surface area contributed by atoms with Crippen molar-refractivity contribution in [2.45, 2.75) is 31.7 Å². The Morgan fingerprint density at radius 3 is 2.30 bits per heavy atom. The molecule has 6 heteroatoms. The number of pyridine rings is 1. The molecule has 2 amide bonds. The van der Waals surface area contributed by atoms with E-state index in [0.29, 0.717) is 38.0 Å². The van der Waals surface area contributed by atoms with E-state index in [-0.39, 0.29) is 23.8 Å². The Labute approximate surface area is 178 Å². The number of piperidine rings is 1. The molecule has 2 aliphatic heterocycles. The summed E-state index contributed by atoms with van der Waals surface area (Å²) in [6, 6.07) is 14.2. The highest BCUT2D eigenvalue weighted by Gasteiger charge is 2.29. The minimum Gasteiger partial charge on any atom is -0.354 e. The Bertz CT molecular complexity index is 829. The summed E-state index contributed by atoms with van der Waals surface area (Å²) < 4.78 is 0. The van der Waals surface area contributed by atoms with Gasteiger partial charge in [-0.1, -0.05) is 30.3 Å². The van der Waals surface area contributed by atoms with Crippen LogP contribution in [0, 0.1) is 5.92 Å². The minimum absolute atomic E-state index is 0.0226. The van der Waals surface area contributed by atoms with Crippen LogP contribution in [0.4, 0.5) is 0 Å². The van der Waals surface area contributed by atoms with Gasteiger partial charge in [-0.3, -0.25) is 19.5 Å². The first-order chi connectivity index (χ1) is 14.7. The summed E-state index contributed by atoms with van der Waals surface area (Å²) in [5, 5.41) is 3.21. The standard InChI is InChI=1S/C24H30N4O2/c29-23(20-10-16-28(17-11-20)24(30)21-8-12-25-13-9-21)26-18-22(27-14-4-5-15-27)19-6-2-1-3-7-19/h1-3,6-9,12-13,20,22H,4-5,10-11,14-18H2,(H,26,29)/t22-/m1/s1. The molecule has 2 saturated heterocycles. The molecule has 3 heterocycles. The maximum atomic E-state index is 12.9. The Morgan fingerprint density at radius 1 is 0.967 bits per heavy atom. The van der Waals surface area contributed by atoms with E-state index in [9.17, 15) is 9.59 Å². The molecule has 1 atom stereocenters. The SMILES string of the molecule is O=C(NC[C@H](c1ccccc1)N1CCCC1)C1CCN(C(=O)c2ccncc2)CC1. The predicted octanol–water partition coefficient (Wildman–Crippen LogP) is 2.89. The summed E-state index contributed by atoms with van der Waals surface area (Å²) in [4.78, 5) is 33.7. The van der Waals surface area contributed by atoms with Crippen LogP contribution in [0.3, 0.4) is 0 Å². The Kier molecular flexibility index (Phi) is 6.74. The second kappa shape index (κ2) is 9.85. The number of nitrogens with zero attached hydrogens (tertiary/aromatic N) is 3. The molecule has 1 aromatic carbocycles. The number of aromatic nitrogens is 1. The lowest BCUT2D eigenvalue weighted by atomic mass is 9.95. The van der Waals surface area contributed by atoms with Gasteiger partial charge in [0.2, 0.25) is 5.91 Å². The molecule has 1 aromatic heterocycles. The smallest absolute Gasteiger partial charge is 0.253 e. The number of rotatable bonds is 6. The number of hydrogen-bond donors (Lipinski definition) is 1. The lowest BCUT2D eigenvalue weighted by molar-refractivity contribution is -0.126. The molecule has 0 unspecified atom stereocenters.